The summed E-state index contributed by atoms with van der Waals surface area (Å²) in [6, 6.07) is -1.19. The Morgan fingerprint density at radius 2 is 1.75 bits per heavy atom. The summed E-state index contributed by atoms with van der Waals surface area (Å²) in [4.78, 5) is 45.7. The van der Waals surface area contributed by atoms with Gasteiger partial charge in [0.25, 0.3) is 5.91 Å². The zero-order valence-electron chi connectivity index (χ0n) is 19.0. The molecule has 0 aromatic heterocycles. The van der Waals surface area contributed by atoms with E-state index in [2.05, 4.69) is 9.89 Å². The van der Waals surface area contributed by atoms with Crippen LogP contribution in [-0.2, 0) is 23.9 Å². The molecule has 178 valence electrons. The average molecular weight is 500 g/mol. The molecule has 0 aliphatic carbocycles. The van der Waals surface area contributed by atoms with Gasteiger partial charge in [-0.1, -0.05) is 12.8 Å². The Kier molecular flexibility index (Phi) is 10.9. The van der Waals surface area contributed by atoms with E-state index in [9.17, 15) is 14.4 Å². The molecule has 0 spiro atoms. The molecule has 8 nitrogen and oxygen atoms in total. The molecular formula is C21H35ClN3NaO5S. The first-order valence-electron chi connectivity index (χ1n) is 10.6. The summed E-state index contributed by atoms with van der Waals surface area (Å²) >= 11 is 1.56. The number of rotatable bonds is 5. The molecule has 0 N–H and O–H groups in total. The molecule has 1 amide bonds. The third-order valence-electron chi connectivity index (χ3n) is 5.67. The van der Waals surface area contributed by atoms with Crippen LogP contribution in [0.1, 0.15) is 60.3 Å². The van der Waals surface area contributed by atoms with Crippen LogP contribution in [0.2, 0.25) is 0 Å². The Morgan fingerprint density at radius 3 is 2.31 bits per heavy atom. The molecule has 3 heterocycles. The predicted molar refractivity (Wildman–Crippen MR) is 129 cm³/mol. The topological polar surface area (TPSA) is 88.5 Å². The summed E-state index contributed by atoms with van der Waals surface area (Å²) in [5.74, 6) is -1.16. The number of aliphatic imine (C=N–C) groups is 1. The zero-order chi connectivity index (χ0) is 22.1. The molecule has 32 heavy (non-hydrogen) atoms. The summed E-state index contributed by atoms with van der Waals surface area (Å²) in [5, 5.41) is -0.176. The van der Waals surface area contributed by atoms with Crippen molar-refractivity contribution in [2.45, 2.75) is 82.5 Å². The van der Waals surface area contributed by atoms with Crippen molar-refractivity contribution in [2.75, 3.05) is 19.9 Å². The molecule has 0 bridgehead atoms. The standard InChI is InChI=1S/C21H33N3O5S.ClH.Na.H/c1-20(2,3)19(27)29-13-28-18(26)15-21(4,5)30-17-14(16(25)24(15)17)22-12-23-10-8-6-7-9-11-23;;;/h12,14-15,17H,6-11,13H2,1-5H3;1H;;/t14-,15+,17-;;;/m1.../s1. The molecule has 0 radical (unpaired) electrons. The second-order valence-corrected chi connectivity index (χ2v) is 11.5. The monoisotopic (exact) mass is 499 g/mol. The van der Waals surface area contributed by atoms with E-state index >= 15 is 0 Å². The average Bonchev–Trinajstić information content (AvgIpc) is 2.80. The molecule has 3 atom stereocenters. The number of esters is 2. The van der Waals surface area contributed by atoms with Gasteiger partial charge in [0.05, 0.1) is 11.8 Å². The first kappa shape index (κ1) is 29.6. The Hall–Kier alpha value is -0.480. The van der Waals surface area contributed by atoms with Crippen LogP contribution in [0.15, 0.2) is 4.99 Å². The van der Waals surface area contributed by atoms with Gasteiger partial charge in [0.1, 0.15) is 11.4 Å². The van der Waals surface area contributed by atoms with Gasteiger partial charge in [0, 0.05) is 17.8 Å². The maximum absolute atomic E-state index is 12.8. The SMILES string of the molecule is CC(C)(C)C(=O)OCOC(=O)[C@@H]1N2C(=O)[C@@H](N=CN3CCCCCC3)[C@H]2SC1(C)C.Cl.[NaH]. The first-order chi connectivity index (χ1) is 14.0. The molecule has 3 saturated heterocycles. The number of amides is 1. The molecule has 3 rings (SSSR count). The Balaban J connectivity index is 0.00000256. The van der Waals surface area contributed by atoms with Gasteiger partial charge < -0.3 is 19.3 Å². The summed E-state index contributed by atoms with van der Waals surface area (Å²) in [6.45, 7) is 10.5. The number of β-lactam (4-membered cyclic amide) rings is 1. The van der Waals surface area contributed by atoms with Crippen molar-refractivity contribution in [3.05, 3.63) is 0 Å². The van der Waals surface area contributed by atoms with Gasteiger partial charge in [-0.05, 0) is 47.5 Å². The predicted octanol–water partition coefficient (Wildman–Crippen LogP) is 2.18. The van der Waals surface area contributed by atoms with E-state index in [0.29, 0.717) is 0 Å². The number of carbonyl (C=O) groups is 3. The van der Waals surface area contributed by atoms with Gasteiger partial charge in [0.15, 0.2) is 6.04 Å². The summed E-state index contributed by atoms with van der Waals surface area (Å²) in [5.41, 5.74) is -0.675. The molecule has 0 aromatic rings. The third-order valence-corrected chi connectivity index (χ3v) is 7.23. The third kappa shape index (κ3) is 6.56. The van der Waals surface area contributed by atoms with Gasteiger partial charge in [-0.2, -0.15) is 0 Å². The fourth-order valence-electron chi connectivity index (χ4n) is 3.92. The molecule has 0 saturated carbocycles. The number of nitrogens with zero attached hydrogens (tertiary/aromatic N) is 3. The normalized spacial score (nSPS) is 26.9. The van der Waals surface area contributed by atoms with Gasteiger partial charge in [-0.25, -0.2) is 4.79 Å². The van der Waals surface area contributed by atoms with Crippen LogP contribution >= 0.6 is 24.2 Å². The minimum atomic E-state index is -0.724. The Morgan fingerprint density at radius 1 is 1.16 bits per heavy atom. The van der Waals surface area contributed by atoms with Crippen molar-refractivity contribution in [2.24, 2.45) is 10.4 Å². The molecule has 0 unspecified atom stereocenters. The molecule has 3 fully saturated rings. The van der Waals surface area contributed by atoms with Crippen LogP contribution in [-0.4, -0.2) is 106 Å². The maximum atomic E-state index is 12.8. The number of thioether (sulfide) groups is 1. The number of halogens is 1. The summed E-state index contributed by atoms with van der Waals surface area (Å²) in [6.07, 6.45) is 6.59. The van der Waals surface area contributed by atoms with Crippen LogP contribution in [0.4, 0.5) is 0 Å². The van der Waals surface area contributed by atoms with E-state index in [1.54, 1.807) is 37.4 Å². The molecule has 3 aliphatic heterocycles. The Bertz CT molecular complexity index is 723. The van der Waals surface area contributed by atoms with Crippen molar-refractivity contribution >= 4 is 77.9 Å². The van der Waals surface area contributed by atoms with Crippen molar-refractivity contribution in [1.82, 2.24) is 9.80 Å². The van der Waals surface area contributed by atoms with Crippen molar-refractivity contribution in [3.8, 4) is 0 Å². The molecule has 0 aromatic carbocycles. The number of hydrogen-bond donors (Lipinski definition) is 0. The molecular weight excluding hydrogens is 465 g/mol. The summed E-state index contributed by atoms with van der Waals surface area (Å²) < 4.78 is 9.71. The number of fused-ring (bicyclic) bond motifs is 1. The van der Waals surface area contributed by atoms with Crippen molar-refractivity contribution in [3.63, 3.8) is 0 Å². The van der Waals surface area contributed by atoms with E-state index in [4.69, 9.17) is 9.47 Å². The zero-order valence-corrected chi connectivity index (χ0v) is 20.6. The van der Waals surface area contributed by atoms with Crippen LogP contribution in [0.5, 0.6) is 0 Å². The molecule has 3 aliphatic rings. The van der Waals surface area contributed by atoms with E-state index < -0.39 is 41.0 Å². The number of carbonyl (C=O) groups excluding carboxylic acids is 3. The van der Waals surface area contributed by atoms with Gasteiger partial charge in [0.2, 0.25) is 6.79 Å². The van der Waals surface area contributed by atoms with Gasteiger partial charge in [-0.15, -0.1) is 24.2 Å². The number of likely N-dealkylation sites (tertiary alicyclic amines) is 1. The van der Waals surface area contributed by atoms with E-state index in [1.807, 2.05) is 20.2 Å². The fourth-order valence-corrected chi connectivity index (χ4v) is 5.54. The van der Waals surface area contributed by atoms with Crippen molar-refractivity contribution < 1.29 is 23.9 Å². The fraction of sp³-hybridized carbons (Fsp3) is 0.810. The van der Waals surface area contributed by atoms with E-state index in [0.717, 1.165) is 25.9 Å². The number of ether oxygens (including phenoxy) is 2. The quantitative estimate of drug-likeness (QED) is 0.143. The molecule has 11 heteroatoms. The van der Waals surface area contributed by atoms with E-state index in [1.165, 1.54) is 12.8 Å². The van der Waals surface area contributed by atoms with Gasteiger partial charge in [-0.3, -0.25) is 14.6 Å². The second kappa shape index (κ2) is 11.8. The van der Waals surface area contributed by atoms with Gasteiger partial charge >= 0.3 is 41.5 Å². The van der Waals surface area contributed by atoms with Crippen LogP contribution in [0.25, 0.3) is 0 Å². The minimum absolute atomic E-state index is 0. The van der Waals surface area contributed by atoms with Crippen molar-refractivity contribution in [1.29, 1.82) is 0 Å². The van der Waals surface area contributed by atoms with Crippen LogP contribution < -0.4 is 0 Å². The second-order valence-electron chi connectivity index (χ2n) is 9.68. The Labute approximate surface area is 223 Å². The van der Waals surface area contributed by atoms with E-state index in [-0.39, 0.29) is 53.2 Å². The summed E-state index contributed by atoms with van der Waals surface area (Å²) in [7, 11) is 0. The van der Waals surface area contributed by atoms with Crippen LogP contribution in [0.3, 0.4) is 0 Å². The van der Waals surface area contributed by atoms with Crippen LogP contribution in [0, 0.1) is 5.41 Å². The number of hydrogen-bond acceptors (Lipinski definition) is 7. The first-order valence-corrected chi connectivity index (χ1v) is 11.5.